The van der Waals surface area contributed by atoms with E-state index in [0.717, 1.165) is 16.7 Å². The molecule has 3 rings (SSSR count). The highest BCUT2D eigenvalue weighted by atomic mass is 16.5. The van der Waals surface area contributed by atoms with Crippen molar-refractivity contribution in [3.05, 3.63) is 66.1 Å². The molecule has 1 atom stereocenters. The Labute approximate surface area is 140 Å². The van der Waals surface area contributed by atoms with Gasteiger partial charge in [-0.3, -0.25) is 5.32 Å². The van der Waals surface area contributed by atoms with Crippen LogP contribution in [-0.4, -0.2) is 18.1 Å². The predicted molar refractivity (Wildman–Crippen MR) is 91.3 cm³/mol. The molecule has 2 aromatic carbocycles. The molecule has 0 spiro atoms. The molecular weight excluding hydrogens is 304 g/mol. The van der Waals surface area contributed by atoms with E-state index in [1.165, 1.54) is 7.11 Å². The number of oxazole rings is 1. The first kappa shape index (κ1) is 16.2. The van der Waals surface area contributed by atoms with Crippen molar-refractivity contribution in [2.75, 3.05) is 7.11 Å². The van der Waals surface area contributed by atoms with Crippen molar-refractivity contribution in [2.24, 2.45) is 0 Å². The van der Waals surface area contributed by atoms with Crippen LogP contribution in [0, 0.1) is 0 Å². The molecule has 1 aromatic heterocycles. The van der Waals surface area contributed by atoms with E-state index >= 15 is 0 Å². The van der Waals surface area contributed by atoms with Gasteiger partial charge in [0.15, 0.2) is 5.58 Å². The number of carbonyl (C=O) groups excluding carboxylic acids is 1. The van der Waals surface area contributed by atoms with Gasteiger partial charge in [0.05, 0.1) is 13.7 Å². The highest BCUT2D eigenvalue weighted by molar-refractivity contribution is 5.82. The van der Waals surface area contributed by atoms with Crippen LogP contribution in [0.3, 0.4) is 0 Å². The Morgan fingerprint density at radius 1 is 1.17 bits per heavy atom. The minimum absolute atomic E-state index is 0.326. The number of methoxy groups -OCH3 is 1. The summed E-state index contributed by atoms with van der Waals surface area (Å²) in [5.41, 5.74) is 1.45. The minimum Gasteiger partial charge on any atom is -0.467 e. The smallest absolute Gasteiger partial charge is 0.330 e. The minimum atomic E-state index is -0.934. The molecule has 124 valence electrons. The van der Waals surface area contributed by atoms with Crippen LogP contribution in [0.4, 0.5) is 0 Å². The highest BCUT2D eigenvalue weighted by Crippen LogP contribution is 2.27. The Balaban J connectivity index is 1.90. The average molecular weight is 324 g/mol. The number of benzene rings is 2. The molecule has 1 heterocycles. The maximum atomic E-state index is 12.5. The molecule has 0 bridgehead atoms. The van der Waals surface area contributed by atoms with Crippen LogP contribution in [0.1, 0.15) is 24.8 Å². The van der Waals surface area contributed by atoms with Crippen molar-refractivity contribution in [2.45, 2.75) is 25.4 Å². The standard InChI is InChI=1S/C19H20N2O3/c1-3-19(18(22)23-2,14-9-5-4-6-10-14)20-13-17-21-15-11-7-8-12-16(15)24-17/h4-12,20H,3,13H2,1-2H3/t19-/m0/s1. The molecule has 3 aromatic rings. The molecule has 5 nitrogen and oxygen atoms in total. The number of hydrogen-bond acceptors (Lipinski definition) is 5. The fraction of sp³-hybridized carbons (Fsp3) is 0.263. The molecule has 0 saturated carbocycles. The van der Waals surface area contributed by atoms with Crippen LogP contribution in [-0.2, 0) is 21.6 Å². The summed E-state index contributed by atoms with van der Waals surface area (Å²) in [6.07, 6.45) is 0.546. The van der Waals surface area contributed by atoms with Crippen molar-refractivity contribution in [3.63, 3.8) is 0 Å². The van der Waals surface area contributed by atoms with Gasteiger partial charge in [-0.05, 0) is 24.1 Å². The fourth-order valence-electron chi connectivity index (χ4n) is 2.88. The topological polar surface area (TPSA) is 64.4 Å². The largest absolute Gasteiger partial charge is 0.467 e. The molecular formula is C19H20N2O3. The second-order valence-electron chi connectivity index (χ2n) is 5.55. The number of aromatic nitrogens is 1. The summed E-state index contributed by atoms with van der Waals surface area (Å²) in [6.45, 7) is 2.27. The molecule has 24 heavy (non-hydrogen) atoms. The second-order valence-corrected chi connectivity index (χ2v) is 5.55. The van der Waals surface area contributed by atoms with Gasteiger partial charge in [-0.1, -0.05) is 49.4 Å². The normalized spacial score (nSPS) is 13.6. The van der Waals surface area contributed by atoms with E-state index in [2.05, 4.69) is 10.3 Å². The van der Waals surface area contributed by atoms with Crippen molar-refractivity contribution in [1.29, 1.82) is 0 Å². The molecule has 1 N–H and O–H groups in total. The molecule has 0 amide bonds. The molecule has 0 radical (unpaired) electrons. The zero-order valence-electron chi connectivity index (χ0n) is 13.8. The van der Waals surface area contributed by atoms with Crippen molar-refractivity contribution in [1.82, 2.24) is 10.3 Å². The first-order chi connectivity index (χ1) is 11.7. The first-order valence-electron chi connectivity index (χ1n) is 7.93. The van der Waals surface area contributed by atoms with Gasteiger partial charge >= 0.3 is 5.97 Å². The Kier molecular flexibility index (Phi) is 4.62. The van der Waals surface area contributed by atoms with Gasteiger partial charge in [0, 0.05) is 0 Å². The third-order valence-electron chi connectivity index (χ3n) is 4.21. The highest BCUT2D eigenvalue weighted by Gasteiger charge is 2.39. The molecule has 0 unspecified atom stereocenters. The summed E-state index contributed by atoms with van der Waals surface area (Å²) in [5, 5.41) is 3.30. The second kappa shape index (κ2) is 6.84. The first-order valence-corrected chi connectivity index (χ1v) is 7.93. The van der Waals surface area contributed by atoms with E-state index < -0.39 is 5.54 Å². The predicted octanol–water partition coefficient (Wildman–Crippen LogP) is 3.40. The third-order valence-corrected chi connectivity index (χ3v) is 4.21. The van der Waals surface area contributed by atoms with E-state index in [4.69, 9.17) is 9.15 Å². The van der Waals surface area contributed by atoms with Crippen LogP contribution in [0.5, 0.6) is 0 Å². The van der Waals surface area contributed by atoms with Crippen molar-refractivity contribution in [3.8, 4) is 0 Å². The van der Waals surface area contributed by atoms with Gasteiger partial charge in [-0.15, -0.1) is 0 Å². The lowest BCUT2D eigenvalue weighted by Crippen LogP contribution is -2.49. The summed E-state index contributed by atoms with van der Waals surface area (Å²) < 4.78 is 10.8. The Morgan fingerprint density at radius 2 is 1.88 bits per heavy atom. The van der Waals surface area contributed by atoms with E-state index in [0.29, 0.717) is 18.9 Å². The Morgan fingerprint density at radius 3 is 2.54 bits per heavy atom. The lowest BCUT2D eigenvalue weighted by atomic mass is 9.87. The lowest BCUT2D eigenvalue weighted by Gasteiger charge is -2.31. The van der Waals surface area contributed by atoms with E-state index in [9.17, 15) is 4.79 Å². The summed E-state index contributed by atoms with van der Waals surface area (Å²) in [4.78, 5) is 17.0. The number of para-hydroxylation sites is 2. The van der Waals surface area contributed by atoms with Gasteiger partial charge in [-0.25, -0.2) is 9.78 Å². The average Bonchev–Trinajstić information content (AvgIpc) is 3.06. The van der Waals surface area contributed by atoms with E-state index in [1.54, 1.807) is 0 Å². The molecule has 5 heteroatoms. The summed E-state index contributed by atoms with van der Waals surface area (Å²) in [6, 6.07) is 17.1. The maximum Gasteiger partial charge on any atom is 0.330 e. The number of rotatable bonds is 6. The van der Waals surface area contributed by atoms with Gasteiger partial charge in [0.1, 0.15) is 11.1 Å². The van der Waals surface area contributed by atoms with Crippen molar-refractivity contribution >= 4 is 17.1 Å². The third kappa shape index (κ3) is 2.90. The molecule has 0 aliphatic rings. The van der Waals surface area contributed by atoms with Crippen LogP contribution in [0.2, 0.25) is 0 Å². The number of ether oxygens (including phenoxy) is 1. The molecule has 0 aliphatic heterocycles. The van der Waals surface area contributed by atoms with Gasteiger partial charge < -0.3 is 9.15 Å². The summed E-state index contributed by atoms with van der Waals surface area (Å²) >= 11 is 0. The summed E-state index contributed by atoms with van der Waals surface area (Å²) in [5.74, 6) is 0.209. The molecule has 0 aliphatic carbocycles. The Hall–Kier alpha value is -2.66. The number of hydrogen-bond donors (Lipinski definition) is 1. The monoisotopic (exact) mass is 324 g/mol. The number of carbonyl (C=O) groups is 1. The molecule has 0 saturated heterocycles. The van der Waals surface area contributed by atoms with Gasteiger partial charge in [-0.2, -0.15) is 0 Å². The van der Waals surface area contributed by atoms with Crippen LogP contribution in [0.25, 0.3) is 11.1 Å². The lowest BCUT2D eigenvalue weighted by molar-refractivity contribution is -0.149. The van der Waals surface area contributed by atoms with Gasteiger partial charge in [0.2, 0.25) is 5.89 Å². The van der Waals surface area contributed by atoms with Crippen molar-refractivity contribution < 1.29 is 13.9 Å². The van der Waals surface area contributed by atoms with Crippen LogP contribution >= 0.6 is 0 Å². The van der Waals surface area contributed by atoms with Gasteiger partial charge in [0.25, 0.3) is 0 Å². The molecule has 0 fully saturated rings. The van der Waals surface area contributed by atoms with E-state index in [-0.39, 0.29) is 5.97 Å². The Bertz CT molecular complexity index is 796. The van der Waals surface area contributed by atoms with Crippen LogP contribution < -0.4 is 5.32 Å². The number of esters is 1. The number of nitrogens with zero attached hydrogens (tertiary/aromatic N) is 1. The maximum absolute atomic E-state index is 12.5. The zero-order chi connectivity index (χ0) is 17.0. The SMILES string of the molecule is CC[C@@](NCc1nc2ccccc2o1)(C(=O)OC)c1ccccc1. The van der Waals surface area contributed by atoms with E-state index in [1.807, 2.05) is 61.5 Å². The fourth-order valence-corrected chi connectivity index (χ4v) is 2.88. The quantitative estimate of drug-likeness (QED) is 0.704. The number of nitrogens with one attached hydrogen (secondary N) is 1. The summed E-state index contributed by atoms with van der Waals surface area (Å²) in [7, 11) is 1.40. The zero-order valence-corrected chi connectivity index (χ0v) is 13.8. The van der Waals surface area contributed by atoms with Crippen LogP contribution in [0.15, 0.2) is 59.0 Å². The number of fused-ring (bicyclic) bond motifs is 1.